The number of pyridine rings is 1. The third-order valence-electron chi connectivity index (χ3n) is 1.66. The Morgan fingerprint density at radius 3 is 2.64 bits per heavy atom. The summed E-state index contributed by atoms with van der Waals surface area (Å²) in [5.41, 5.74) is -0.480. The van der Waals surface area contributed by atoms with E-state index in [0.29, 0.717) is 0 Å². The van der Waals surface area contributed by atoms with Gasteiger partial charge in [-0.1, -0.05) is 0 Å². The van der Waals surface area contributed by atoms with Crippen LogP contribution in [0.15, 0.2) is 10.7 Å². The molecule has 1 heterocycles. The van der Waals surface area contributed by atoms with Crippen LogP contribution in [0.4, 0.5) is 14.6 Å². The van der Waals surface area contributed by atoms with Gasteiger partial charge in [-0.15, -0.1) is 0 Å². The Kier molecular flexibility index (Phi) is 3.10. The van der Waals surface area contributed by atoms with E-state index in [1.807, 2.05) is 0 Å². The number of nitro groups is 1. The minimum atomic E-state index is -2.74. The van der Waals surface area contributed by atoms with E-state index >= 15 is 0 Å². The molecule has 0 aromatic carbocycles. The van der Waals surface area contributed by atoms with Crippen molar-refractivity contribution in [3.63, 3.8) is 0 Å². The summed E-state index contributed by atoms with van der Waals surface area (Å²) in [5.74, 6) is -0.547. The maximum Gasteiger partial charge on any atom is 0.368 e. The van der Waals surface area contributed by atoms with Crippen LogP contribution in [0.1, 0.15) is 17.6 Å². The highest BCUT2D eigenvalue weighted by Crippen LogP contribution is 2.29. The maximum atomic E-state index is 12.4. The monoisotopic (exact) mass is 266 g/mol. The first-order chi connectivity index (χ1) is 6.43. The summed E-state index contributed by atoms with van der Waals surface area (Å²) >= 11 is 2.83. The fourth-order valence-corrected chi connectivity index (χ4v) is 1.40. The van der Waals surface area contributed by atoms with Crippen molar-refractivity contribution in [3.05, 3.63) is 31.9 Å². The minimum Gasteiger partial charge on any atom is -0.358 e. The number of hydrogen-bond donors (Lipinski definition) is 0. The molecule has 0 bridgehead atoms. The average molecular weight is 267 g/mol. The van der Waals surface area contributed by atoms with Crippen molar-refractivity contribution in [2.45, 2.75) is 13.3 Å². The zero-order valence-electron chi connectivity index (χ0n) is 7.00. The van der Waals surface area contributed by atoms with Gasteiger partial charge in [0.2, 0.25) is 4.60 Å². The second kappa shape index (κ2) is 3.95. The topological polar surface area (TPSA) is 56.0 Å². The molecule has 0 aliphatic carbocycles. The fraction of sp³-hybridized carbons (Fsp3) is 0.286. The molecule has 0 unspecified atom stereocenters. The predicted octanol–water partition coefficient (Wildman–Crippen LogP) is 3.00. The van der Waals surface area contributed by atoms with Crippen LogP contribution in [0.25, 0.3) is 0 Å². The number of aromatic nitrogens is 1. The number of rotatable bonds is 2. The normalized spacial score (nSPS) is 10.6. The quantitative estimate of drug-likeness (QED) is 0.470. The molecule has 0 fully saturated rings. The smallest absolute Gasteiger partial charge is 0.358 e. The Morgan fingerprint density at radius 2 is 2.21 bits per heavy atom. The van der Waals surface area contributed by atoms with Crippen molar-refractivity contribution in [3.8, 4) is 0 Å². The largest absolute Gasteiger partial charge is 0.368 e. The second-order valence-corrected chi connectivity index (χ2v) is 3.35. The van der Waals surface area contributed by atoms with Gasteiger partial charge in [0.1, 0.15) is 0 Å². The SMILES string of the molecule is Cc1c(C(F)F)cc(Br)nc1[N+](=O)[O-]. The van der Waals surface area contributed by atoms with E-state index in [0.717, 1.165) is 6.07 Å². The third-order valence-corrected chi connectivity index (χ3v) is 2.07. The minimum absolute atomic E-state index is 0.0325. The van der Waals surface area contributed by atoms with Crippen molar-refractivity contribution in [2.75, 3.05) is 0 Å². The van der Waals surface area contributed by atoms with Crippen LogP contribution in [0, 0.1) is 17.0 Å². The van der Waals surface area contributed by atoms with Crippen molar-refractivity contribution in [1.82, 2.24) is 4.98 Å². The summed E-state index contributed by atoms with van der Waals surface area (Å²) in [6.07, 6.45) is -2.74. The van der Waals surface area contributed by atoms with Crippen LogP contribution >= 0.6 is 15.9 Å². The first-order valence-electron chi connectivity index (χ1n) is 3.53. The van der Waals surface area contributed by atoms with Crippen molar-refractivity contribution >= 4 is 21.7 Å². The second-order valence-electron chi connectivity index (χ2n) is 2.54. The molecule has 1 aromatic rings. The summed E-state index contributed by atoms with van der Waals surface area (Å²) < 4.78 is 24.8. The lowest BCUT2D eigenvalue weighted by Crippen LogP contribution is -2.00. The molecule has 1 rings (SSSR count). The molecule has 0 saturated carbocycles. The van der Waals surface area contributed by atoms with Crippen molar-refractivity contribution < 1.29 is 13.7 Å². The molecule has 0 N–H and O–H groups in total. The van der Waals surface area contributed by atoms with E-state index in [1.54, 1.807) is 0 Å². The van der Waals surface area contributed by atoms with Crippen molar-refractivity contribution in [2.24, 2.45) is 0 Å². The van der Waals surface area contributed by atoms with Gasteiger partial charge in [0.15, 0.2) is 0 Å². The molecular weight excluding hydrogens is 262 g/mol. The van der Waals surface area contributed by atoms with E-state index < -0.39 is 17.2 Å². The van der Waals surface area contributed by atoms with Gasteiger partial charge in [-0.2, -0.15) is 0 Å². The summed E-state index contributed by atoms with van der Waals surface area (Å²) in [5, 5.41) is 10.4. The van der Waals surface area contributed by atoms with Gasteiger partial charge in [0, 0.05) is 27.6 Å². The highest BCUT2D eigenvalue weighted by molar-refractivity contribution is 9.10. The van der Waals surface area contributed by atoms with Crippen LogP contribution in [0.2, 0.25) is 0 Å². The summed E-state index contributed by atoms with van der Waals surface area (Å²) in [7, 11) is 0. The summed E-state index contributed by atoms with van der Waals surface area (Å²) in [6.45, 7) is 1.25. The molecular formula is C7H5BrF2N2O2. The molecule has 0 spiro atoms. The van der Waals surface area contributed by atoms with E-state index in [9.17, 15) is 18.9 Å². The van der Waals surface area contributed by atoms with E-state index in [1.165, 1.54) is 6.92 Å². The molecule has 4 nitrogen and oxygen atoms in total. The van der Waals surface area contributed by atoms with E-state index in [2.05, 4.69) is 20.9 Å². The zero-order valence-corrected chi connectivity index (χ0v) is 8.59. The van der Waals surface area contributed by atoms with Gasteiger partial charge in [-0.05, 0) is 16.8 Å². The lowest BCUT2D eigenvalue weighted by Gasteiger charge is -2.04. The van der Waals surface area contributed by atoms with Crippen LogP contribution < -0.4 is 0 Å². The van der Waals surface area contributed by atoms with Gasteiger partial charge in [0.05, 0.1) is 5.56 Å². The first-order valence-corrected chi connectivity index (χ1v) is 4.32. The lowest BCUT2D eigenvalue weighted by atomic mass is 10.1. The van der Waals surface area contributed by atoms with Gasteiger partial charge in [-0.25, -0.2) is 8.78 Å². The molecule has 0 aliphatic heterocycles. The Morgan fingerprint density at radius 1 is 1.64 bits per heavy atom. The standard InChI is InChI=1S/C7H5BrF2N2O2/c1-3-4(6(9)10)2-5(8)11-7(3)12(13)14/h2,6H,1H3. The lowest BCUT2D eigenvalue weighted by molar-refractivity contribution is -0.390. The summed E-state index contributed by atoms with van der Waals surface area (Å²) in [6, 6.07) is 1.08. The molecule has 1 aromatic heterocycles. The molecule has 0 aliphatic rings. The van der Waals surface area contributed by atoms with E-state index in [-0.39, 0.29) is 15.7 Å². The van der Waals surface area contributed by atoms with Gasteiger partial charge < -0.3 is 10.1 Å². The summed E-state index contributed by atoms with van der Waals surface area (Å²) in [4.78, 5) is 13.1. The molecule has 76 valence electrons. The Balaban J connectivity index is 3.40. The number of alkyl halides is 2. The number of halogens is 3. The zero-order chi connectivity index (χ0) is 10.9. The predicted molar refractivity (Wildman–Crippen MR) is 48.3 cm³/mol. The fourth-order valence-electron chi connectivity index (χ4n) is 0.987. The van der Waals surface area contributed by atoms with Crippen molar-refractivity contribution in [1.29, 1.82) is 0 Å². The first kappa shape index (κ1) is 11.0. The molecule has 7 heteroatoms. The molecule has 0 saturated heterocycles. The van der Waals surface area contributed by atoms with Crippen LogP contribution in [0.3, 0.4) is 0 Å². The van der Waals surface area contributed by atoms with Crippen LogP contribution in [-0.2, 0) is 0 Å². The average Bonchev–Trinajstić information content (AvgIpc) is 2.07. The highest BCUT2D eigenvalue weighted by Gasteiger charge is 2.22. The Hall–Kier alpha value is -1.11. The van der Waals surface area contributed by atoms with Crippen LogP contribution in [-0.4, -0.2) is 9.91 Å². The molecule has 0 amide bonds. The van der Waals surface area contributed by atoms with Gasteiger partial charge in [0.25, 0.3) is 6.43 Å². The number of nitrogens with zero attached hydrogens (tertiary/aromatic N) is 2. The number of hydrogen-bond acceptors (Lipinski definition) is 3. The Bertz CT molecular complexity index is 384. The third kappa shape index (κ3) is 2.03. The maximum absolute atomic E-state index is 12.4. The van der Waals surface area contributed by atoms with Crippen LogP contribution in [0.5, 0.6) is 0 Å². The van der Waals surface area contributed by atoms with Gasteiger partial charge >= 0.3 is 5.82 Å². The molecule has 0 radical (unpaired) electrons. The van der Waals surface area contributed by atoms with E-state index in [4.69, 9.17) is 0 Å². The van der Waals surface area contributed by atoms with Gasteiger partial charge in [-0.3, -0.25) is 0 Å². The molecule has 14 heavy (non-hydrogen) atoms. The Labute approximate surface area is 86.2 Å². The highest BCUT2D eigenvalue weighted by atomic mass is 79.9. The molecule has 0 atom stereocenters.